The first kappa shape index (κ1) is 14.4. The fraction of sp³-hybridized carbons (Fsp3) is 0.600. The Morgan fingerprint density at radius 3 is 2.67 bits per heavy atom. The van der Waals surface area contributed by atoms with Crippen LogP contribution in [0.25, 0.3) is 0 Å². The first-order valence-corrected chi connectivity index (χ1v) is 6.46. The molecule has 0 spiro atoms. The minimum absolute atomic E-state index is 0.177. The molecule has 0 saturated heterocycles. The van der Waals surface area contributed by atoms with Crippen molar-refractivity contribution in [2.45, 2.75) is 32.6 Å². The van der Waals surface area contributed by atoms with Crippen molar-refractivity contribution in [1.29, 1.82) is 0 Å². The normalized spacial score (nSPS) is 10.1. The lowest BCUT2D eigenvalue weighted by Gasteiger charge is -2.04. The molecule has 1 aromatic heterocycles. The number of aliphatic carboxylic acids is 1. The van der Waals surface area contributed by atoms with Crippen LogP contribution < -0.4 is 10.6 Å². The van der Waals surface area contributed by atoms with Crippen LogP contribution in [0.5, 0.6) is 0 Å². The van der Waals surface area contributed by atoms with Crippen molar-refractivity contribution in [1.82, 2.24) is 15.5 Å². The van der Waals surface area contributed by atoms with E-state index in [2.05, 4.69) is 20.8 Å². The summed E-state index contributed by atoms with van der Waals surface area (Å²) in [7, 11) is 0. The molecule has 0 unspecified atom stereocenters. The monoisotopic (exact) mass is 272 g/mol. The van der Waals surface area contributed by atoms with Gasteiger partial charge >= 0.3 is 12.0 Å². The number of urea groups is 1. The van der Waals surface area contributed by atoms with E-state index in [1.807, 2.05) is 6.92 Å². The van der Waals surface area contributed by atoms with Crippen LogP contribution in [0, 0.1) is 6.92 Å². The number of carbonyl (C=O) groups excluding carboxylic acids is 1. The van der Waals surface area contributed by atoms with Crippen LogP contribution in [0.4, 0.5) is 9.93 Å². The Hall–Kier alpha value is -1.70. The number of hydrogen-bond acceptors (Lipinski definition) is 5. The van der Waals surface area contributed by atoms with Crippen molar-refractivity contribution in [2.24, 2.45) is 0 Å². The van der Waals surface area contributed by atoms with Gasteiger partial charge in [0.15, 0.2) is 0 Å². The van der Waals surface area contributed by atoms with Crippen molar-refractivity contribution in [3.63, 3.8) is 0 Å². The second-order valence-corrected chi connectivity index (χ2v) is 4.89. The third-order valence-corrected chi connectivity index (χ3v) is 2.85. The number of rotatable bonds is 7. The fourth-order valence-electron chi connectivity index (χ4n) is 1.27. The van der Waals surface area contributed by atoms with Crippen molar-refractivity contribution < 1.29 is 14.7 Å². The average Bonchev–Trinajstić information content (AvgIpc) is 2.68. The quantitative estimate of drug-likeness (QED) is 0.654. The van der Waals surface area contributed by atoms with Crippen LogP contribution in [0.15, 0.2) is 0 Å². The Morgan fingerprint density at radius 2 is 2.06 bits per heavy atom. The summed E-state index contributed by atoms with van der Waals surface area (Å²) in [5.41, 5.74) is 0. The topological polar surface area (TPSA) is 104 Å². The highest BCUT2D eigenvalue weighted by Gasteiger charge is 2.05. The number of anilines is 1. The van der Waals surface area contributed by atoms with E-state index in [0.717, 1.165) is 17.8 Å². The van der Waals surface area contributed by atoms with E-state index in [-0.39, 0.29) is 12.5 Å². The number of carboxylic acids is 1. The van der Waals surface area contributed by atoms with E-state index in [9.17, 15) is 9.59 Å². The summed E-state index contributed by atoms with van der Waals surface area (Å²) in [4.78, 5) is 21.6. The highest BCUT2D eigenvalue weighted by atomic mass is 32.1. The Bertz CT molecular complexity index is 408. The van der Waals surface area contributed by atoms with Crippen molar-refractivity contribution in [2.75, 3.05) is 11.9 Å². The maximum Gasteiger partial charge on any atom is 0.321 e. The summed E-state index contributed by atoms with van der Waals surface area (Å²) < 4.78 is 0. The van der Waals surface area contributed by atoms with Crippen LogP contribution in [-0.4, -0.2) is 33.8 Å². The van der Waals surface area contributed by atoms with E-state index in [1.54, 1.807) is 0 Å². The van der Waals surface area contributed by atoms with Crippen LogP contribution >= 0.6 is 11.3 Å². The van der Waals surface area contributed by atoms with E-state index in [0.29, 0.717) is 18.1 Å². The van der Waals surface area contributed by atoms with Gasteiger partial charge in [-0.25, -0.2) is 4.79 Å². The molecule has 7 nitrogen and oxygen atoms in total. The minimum Gasteiger partial charge on any atom is -0.481 e. The van der Waals surface area contributed by atoms with Crippen molar-refractivity contribution in [3.8, 4) is 0 Å². The molecule has 0 aliphatic rings. The Morgan fingerprint density at radius 1 is 1.28 bits per heavy atom. The van der Waals surface area contributed by atoms with Gasteiger partial charge in [-0.15, -0.1) is 10.2 Å². The highest BCUT2D eigenvalue weighted by Crippen LogP contribution is 2.12. The fourth-order valence-corrected chi connectivity index (χ4v) is 1.86. The van der Waals surface area contributed by atoms with Gasteiger partial charge in [-0.05, 0) is 19.8 Å². The molecule has 0 aliphatic carbocycles. The van der Waals surface area contributed by atoms with Gasteiger partial charge in [0, 0.05) is 13.0 Å². The van der Waals surface area contributed by atoms with Crippen LogP contribution in [0.3, 0.4) is 0 Å². The molecule has 1 rings (SSSR count). The van der Waals surface area contributed by atoms with Crippen LogP contribution in [-0.2, 0) is 4.79 Å². The van der Waals surface area contributed by atoms with Gasteiger partial charge < -0.3 is 10.4 Å². The lowest BCUT2D eigenvalue weighted by Crippen LogP contribution is -2.29. The number of unbranched alkanes of at least 4 members (excludes halogenated alkanes) is 2. The Kier molecular flexibility index (Phi) is 6.06. The molecule has 8 heteroatoms. The van der Waals surface area contributed by atoms with Gasteiger partial charge in [0.1, 0.15) is 5.01 Å². The SMILES string of the molecule is Cc1nnc(NC(=O)NCCCCCC(=O)O)s1. The summed E-state index contributed by atoms with van der Waals surface area (Å²) in [6.07, 6.45) is 2.35. The maximum atomic E-state index is 11.4. The van der Waals surface area contributed by atoms with Gasteiger partial charge in [0.2, 0.25) is 5.13 Å². The zero-order chi connectivity index (χ0) is 13.4. The van der Waals surface area contributed by atoms with E-state index in [1.165, 1.54) is 11.3 Å². The molecule has 0 aromatic carbocycles. The van der Waals surface area contributed by atoms with Crippen LogP contribution in [0.1, 0.15) is 30.7 Å². The lowest BCUT2D eigenvalue weighted by atomic mass is 10.2. The maximum absolute atomic E-state index is 11.4. The number of aromatic nitrogens is 2. The van der Waals surface area contributed by atoms with E-state index < -0.39 is 5.97 Å². The molecule has 18 heavy (non-hydrogen) atoms. The number of aryl methyl sites for hydroxylation is 1. The predicted octanol–water partition coefficient (Wildman–Crippen LogP) is 1.61. The summed E-state index contributed by atoms with van der Waals surface area (Å²) in [5.74, 6) is -0.785. The number of nitrogens with one attached hydrogen (secondary N) is 2. The second kappa shape index (κ2) is 7.59. The molecule has 1 aromatic rings. The Balaban J connectivity index is 2.05. The number of hydrogen-bond donors (Lipinski definition) is 3. The van der Waals surface area contributed by atoms with Crippen molar-refractivity contribution in [3.05, 3.63) is 5.01 Å². The van der Waals surface area contributed by atoms with Gasteiger partial charge in [0.25, 0.3) is 0 Å². The first-order chi connectivity index (χ1) is 8.58. The Labute approximate surface area is 109 Å². The van der Waals surface area contributed by atoms with Crippen LogP contribution in [0.2, 0.25) is 0 Å². The third-order valence-electron chi connectivity index (χ3n) is 2.10. The second-order valence-electron chi connectivity index (χ2n) is 3.71. The molecular formula is C10H16N4O3S. The molecular weight excluding hydrogens is 256 g/mol. The molecule has 0 aliphatic heterocycles. The molecule has 100 valence electrons. The summed E-state index contributed by atoms with van der Waals surface area (Å²) in [6, 6.07) is -0.315. The first-order valence-electron chi connectivity index (χ1n) is 5.64. The molecule has 2 amide bonds. The minimum atomic E-state index is -0.785. The van der Waals surface area contributed by atoms with Gasteiger partial charge in [-0.2, -0.15) is 0 Å². The van der Waals surface area contributed by atoms with Gasteiger partial charge in [-0.1, -0.05) is 17.8 Å². The van der Waals surface area contributed by atoms with Gasteiger partial charge in [0.05, 0.1) is 0 Å². The summed E-state index contributed by atoms with van der Waals surface area (Å²) in [5, 5.41) is 22.5. The molecule has 0 fully saturated rings. The van der Waals surface area contributed by atoms with Gasteiger partial charge in [-0.3, -0.25) is 10.1 Å². The molecule has 1 heterocycles. The number of amides is 2. The highest BCUT2D eigenvalue weighted by molar-refractivity contribution is 7.15. The average molecular weight is 272 g/mol. The zero-order valence-electron chi connectivity index (χ0n) is 10.1. The molecule has 0 bridgehead atoms. The molecule has 0 atom stereocenters. The molecule has 3 N–H and O–H groups in total. The zero-order valence-corrected chi connectivity index (χ0v) is 10.9. The largest absolute Gasteiger partial charge is 0.481 e. The smallest absolute Gasteiger partial charge is 0.321 e. The molecule has 0 saturated carbocycles. The van der Waals surface area contributed by atoms with E-state index in [4.69, 9.17) is 5.11 Å². The van der Waals surface area contributed by atoms with E-state index >= 15 is 0 Å². The number of carbonyl (C=O) groups is 2. The summed E-state index contributed by atoms with van der Waals surface area (Å²) >= 11 is 1.31. The van der Waals surface area contributed by atoms with Crippen molar-refractivity contribution >= 4 is 28.5 Å². The standard InChI is InChI=1S/C10H16N4O3S/c1-7-13-14-10(18-7)12-9(17)11-6-4-2-3-5-8(15)16/h2-6H2,1H3,(H,15,16)(H2,11,12,14,17). The number of carboxylic acid groups (broad SMARTS) is 1. The molecule has 0 radical (unpaired) electrons. The predicted molar refractivity (Wildman–Crippen MR) is 67.8 cm³/mol. The number of nitrogens with zero attached hydrogens (tertiary/aromatic N) is 2. The third kappa shape index (κ3) is 6.14. The lowest BCUT2D eigenvalue weighted by molar-refractivity contribution is -0.137. The summed E-state index contributed by atoms with van der Waals surface area (Å²) in [6.45, 7) is 2.33.